The number of aromatic nitrogens is 3. The Labute approximate surface area is 223 Å². The van der Waals surface area contributed by atoms with Crippen molar-refractivity contribution in [2.45, 2.75) is 13.5 Å². The number of aryl methyl sites for hydroxylation is 1. The number of fused-ring (bicyclic) bond motifs is 2. The van der Waals surface area contributed by atoms with Crippen molar-refractivity contribution in [3.63, 3.8) is 0 Å². The highest BCUT2D eigenvalue weighted by Crippen LogP contribution is 2.28. The van der Waals surface area contributed by atoms with E-state index in [4.69, 9.17) is 4.74 Å². The first-order valence-electron chi connectivity index (χ1n) is 12.2. The number of hydrogen-bond donors (Lipinski definition) is 0. The molecule has 0 aliphatic rings. The lowest BCUT2D eigenvalue weighted by atomic mass is 9.98. The van der Waals surface area contributed by atoms with Crippen LogP contribution in [0.1, 0.15) is 37.7 Å². The summed E-state index contributed by atoms with van der Waals surface area (Å²) < 4.78 is 7.88. The van der Waals surface area contributed by atoms with Crippen LogP contribution in [0.5, 0.6) is 0 Å². The molecule has 3 aromatic carbocycles. The summed E-state index contributed by atoms with van der Waals surface area (Å²) in [5.74, 6) is -0.369. The lowest BCUT2D eigenvalue weighted by Gasteiger charge is -2.11. The standard InChI is InChI=1S/C30H26N4O5/c1-18-31-24-10-6-5-8-21(24)28(36)33(18)16-19-12-14-20(15-13-19)27(35)23-17-34(30(38)32(2)3)25-11-7-9-22(26(23)25)29(37)39-4/h5-15,17H,16H2,1-4H3. The van der Waals surface area contributed by atoms with E-state index in [1.54, 1.807) is 80.2 Å². The van der Waals surface area contributed by atoms with Crippen LogP contribution in [0.15, 0.2) is 77.7 Å². The van der Waals surface area contributed by atoms with Crippen LogP contribution in [0, 0.1) is 6.92 Å². The minimum Gasteiger partial charge on any atom is -0.465 e. The van der Waals surface area contributed by atoms with E-state index in [0.717, 1.165) is 5.56 Å². The zero-order valence-electron chi connectivity index (χ0n) is 22.0. The van der Waals surface area contributed by atoms with Crippen LogP contribution in [0.25, 0.3) is 21.8 Å². The summed E-state index contributed by atoms with van der Waals surface area (Å²) in [4.78, 5) is 58.1. The van der Waals surface area contributed by atoms with Gasteiger partial charge < -0.3 is 9.64 Å². The van der Waals surface area contributed by atoms with Crippen LogP contribution in [0.2, 0.25) is 0 Å². The molecule has 2 aromatic heterocycles. The van der Waals surface area contributed by atoms with Gasteiger partial charge in [0.1, 0.15) is 5.82 Å². The molecule has 0 spiro atoms. The minimum absolute atomic E-state index is 0.132. The molecule has 39 heavy (non-hydrogen) atoms. The Bertz CT molecular complexity index is 1830. The van der Waals surface area contributed by atoms with Gasteiger partial charge in [-0.25, -0.2) is 14.6 Å². The maximum absolute atomic E-state index is 13.7. The molecule has 0 saturated heterocycles. The van der Waals surface area contributed by atoms with E-state index in [-0.39, 0.29) is 28.5 Å². The first-order valence-corrected chi connectivity index (χ1v) is 12.2. The smallest absolute Gasteiger partial charge is 0.338 e. The lowest BCUT2D eigenvalue weighted by Crippen LogP contribution is -2.26. The van der Waals surface area contributed by atoms with Crippen LogP contribution in [0.4, 0.5) is 4.79 Å². The Hall–Kier alpha value is -5.05. The lowest BCUT2D eigenvalue weighted by molar-refractivity contribution is 0.0603. The molecule has 5 aromatic rings. The first kappa shape index (κ1) is 25.6. The second kappa shape index (κ2) is 10.0. The molecule has 0 atom stereocenters. The molecule has 0 fully saturated rings. The molecule has 5 rings (SSSR count). The van der Waals surface area contributed by atoms with E-state index in [1.807, 2.05) is 12.1 Å². The summed E-state index contributed by atoms with van der Waals surface area (Å²) in [6.07, 6.45) is 1.46. The van der Waals surface area contributed by atoms with Crippen molar-refractivity contribution in [2.24, 2.45) is 0 Å². The Balaban J connectivity index is 1.54. The number of ether oxygens (including phenoxy) is 1. The van der Waals surface area contributed by atoms with E-state index in [1.165, 1.54) is 22.8 Å². The number of ketones is 1. The number of carbonyl (C=O) groups is 3. The fraction of sp³-hybridized carbons (Fsp3) is 0.167. The van der Waals surface area contributed by atoms with Crippen molar-refractivity contribution in [1.82, 2.24) is 19.0 Å². The molecule has 0 radical (unpaired) electrons. The van der Waals surface area contributed by atoms with Gasteiger partial charge in [-0.2, -0.15) is 0 Å². The van der Waals surface area contributed by atoms with Crippen molar-refractivity contribution in [3.05, 3.63) is 111 Å². The van der Waals surface area contributed by atoms with Crippen LogP contribution in [0.3, 0.4) is 0 Å². The first-order chi connectivity index (χ1) is 18.7. The van der Waals surface area contributed by atoms with Crippen molar-refractivity contribution >= 4 is 39.6 Å². The number of nitrogens with zero attached hydrogens (tertiary/aromatic N) is 4. The summed E-state index contributed by atoms with van der Waals surface area (Å²) in [7, 11) is 4.48. The molecule has 0 unspecified atom stereocenters. The predicted octanol–water partition coefficient (Wildman–Crippen LogP) is 4.26. The number of carbonyl (C=O) groups excluding carboxylic acids is 3. The van der Waals surface area contributed by atoms with Crippen molar-refractivity contribution in [2.75, 3.05) is 21.2 Å². The molecule has 9 heteroatoms. The fourth-order valence-corrected chi connectivity index (χ4v) is 4.68. The Morgan fingerprint density at radius 2 is 1.64 bits per heavy atom. The van der Waals surface area contributed by atoms with Crippen molar-refractivity contribution in [1.29, 1.82) is 0 Å². The van der Waals surface area contributed by atoms with Crippen LogP contribution < -0.4 is 5.56 Å². The third kappa shape index (κ3) is 4.48. The average Bonchev–Trinajstić information content (AvgIpc) is 3.34. The van der Waals surface area contributed by atoms with Crippen LogP contribution in [-0.4, -0.2) is 58.0 Å². The van der Waals surface area contributed by atoms with Gasteiger partial charge in [0, 0.05) is 36.8 Å². The zero-order valence-corrected chi connectivity index (χ0v) is 22.0. The van der Waals surface area contributed by atoms with E-state index < -0.39 is 5.97 Å². The van der Waals surface area contributed by atoms with Gasteiger partial charge in [-0.15, -0.1) is 0 Å². The van der Waals surface area contributed by atoms with Crippen LogP contribution in [-0.2, 0) is 11.3 Å². The number of hydrogen-bond acceptors (Lipinski definition) is 6. The van der Waals surface area contributed by atoms with Gasteiger partial charge in [-0.05, 0) is 36.8 Å². The number of para-hydroxylation sites is 1. The zero-order chi connectivity index (χ0) is 27.8. The molecular weight excluding hydrogens is 496 g/mol. The third-order valence-corrected chi connectivity index (χ3v) is 6.68. The van der Waals surface area contributed by atoms with E-state index in [9.17, 15) is 19.2 Å². The minimum atomic E-state index is -0.607. The summed E-state index contributed by atoms with van der Waals surface area (Å²) in [6, 6.07) is 18.6. The highest BCUT2D eigenvalue weighted by atomic mass is 16.5. The monoisotopic (exact) mass is 522 g/mol. The number of amides is 1. The third-order valence-electron chi connectivity index (χ3n) is 6.68. The topological polar surface area (TPSA) is 103 Å². The second-order valence-electron chi connectivity index (χ2n) is 9.37. The quantitative estimate of drug-likeness (QED) is 0.253. The van der Waals surface area contributed by atoms with E-state index in [2.05, 4.69) is 4.98 Å². The van der Waals surface area contributed by atoms with Crippen molar-refractivity contribution < 1.29 is 19.1 Å². The van der Waals surface area contributed by atoms with Crippen LogP contribution >= 0.6 is 0 Å². The molecule has 0 N–H and O–H groups in total. The molecular formula is C30H26N4O5. The highest BCUT2D eigenvalue weighted by Gasteiger charge is 2.25. The Morgan fingerprint density at radius 1 is 0.923 bits per heavy atom. The molecule has 0 saturated carbocycles. The van der Waals surface area contributed by atoms with Gasteiger partial charge in [0.2, 0.25) is 0 Å². The summed E-state index contributed by atoms with van der Waals surface area (Å²) in [6.45, 7) is 2.08. The van der Waals surface area contributed by atoms with Gasteiger partial charge in [-0.3, -0.25) is 18.7 Å². The number of benzene rings is 3. The molecule has 0 aliphatic carbocycles. The predicted molar refractivity (Wildman–Crippen MR) is 147 cm³/mol. The van der Waals surface area contributed by atoms with Crippen molar-refractivity contribution in [3.8, 4) is 0 Å². The summed E-state index contributed by atoms with van der Waals surface area (Å²) in [5.41, 5.74) is 2.53. The normalized spacial score (nSPS) is 11.1. The van der Waals surface area contributed by atoms with Gasteiger partial charge in [0.25, 0.3) is 5.56 Å². The number of esters is 1. The van der Waals surface area contributed by atoms with Gasteiger partial charge >= 0.3 is 12.0 Å². The fourth-order valence-electron chi connectivity index (χ4n) is 4.68. The highest BCUT2D eigenvalue weighted by molar-refractivity contribution is 6.21. The maximum atomic E-state index is 13.7. The van der Waals surface area contributed by atoms with Gasteiger partial charge in [-0.1, -0.05) is 42.5 Å². The average molecular weight is 523 g/mol. The molecule has 0 aliphatic heterocycles. The largest absolute Gasteiger partial charge is 0.465 e. The summed E-state index contributed by atoms with van der Waals surface area (Å²) >= 11 is 0. The Kier molecular flexibility index (Phi) is 6.57. The number of rotatable bonds is 5. The molecule has 1 amide bonds. The van der Waals surface area contributed by atoms with Gasteiger partial charge in [0.15, 0.2) is 5.78 Å². The molecule has 196 valence electrons. The van der Waals surface area contributed by atoms with E-state index >= 15 is 0 Å². The maximum Gasteiger partial charge on any atom is 0.338 e. The van der Waals surface area contributed by atoms with E-state index in [0.29, 0.717) is 39.7 Å². The SMILES string of the molecule is COC(=O)c1cccc2c1c(C(=O)c1ccc(Cn3c(C)nc4ccccc4c3=O)cc1)cn2C(=O)N(C)C. The van der Waals surface area contributed by atoms with Gasteiger partial charge in [0.05, 0.1) is 35.6 Å². The summed E-state index contributed by atoms with van der Waals surface area (Å²) in [5, 5.41) is 0.887. The molecule has 9 nitrogen and oxygen atoms in total. The second-order valence-corrected chi connectivity index (χ2v) is 9.37. The molecule has 2 heterocycles. The molecule has 0 bridgehead atoms. The Morgan fingerprint density at radius 3 is 2.33 bits per heavy atom. The number of methoxy groups -OCH3 is 1.